The number of sulfone groups is 1. The highest BCUT2D eigenvalue weighted by molar-refractivity contribution is 7.91. The van der Waals surface area contributed by atoms with Crippen LogP contribution in [0.1, 0.15) is 40.4 Å². The molecule has 1 saturated carbocycles. The second-order valence-electron chi connectivity index (χ2n) is 5.45. The molecule has 1 heterocycles. The molecule has 0 spiro atoms. The average molecular weight is 392 g/mol. The van der Waals surface area contributed by atoms with Gasteiger partial charge in [-0.3, -0.25) is 4.79 Å². The van der Waals surface area contributed by atoms with Crippen LogP contribution in [0, 0.1) is 0 Å². The van der Waals surface area contributed by atoms with Gasteiger partial charge in [-0.2, -0.15) is 0 Å². The Morgan fingerprint density at radius 1 is 1.29 bits per heavy atom. The lowest BCUT2D eigenvalue weighted by molar-refractivity contribution is 0.103. The number of nitrogens with zero attached hydrogens (tertiary/aromatic N) is 1. The minimum Gasteiger partial charge on any atom is -0.360 e. The highest BCUT2D eigenvalue weighted by atomic mass is 35.5. The van der Waals surface area contributed by atoms with Crippen LogP contribution in [0.2, 0.25) is 10.0 Å². The van der Waals surface area contributed by atoms with Crippen molar-refractivity contribution < 1.29 is 22.1 Å². The number of carbonyl (C=O) groups is 1. The monoisotopic (exact) mass is 391 g/mol. The van der Waals surface area contributed by atoms with Crippen LogP contribution in [0.25, 0.3) is 0 Å². The van der Waals surface area contributed by atoms with Crippen LogP contribution >= 0.6 is 23.2 Å². The molecule has 1 aromatic heterocycles. The lowest BCUT2D eigenvalue weighted by atomic mass is 10.0. The van der Waals surface area contributed by atoms with Crippen LogP contribution in [0.3, 0.4) is 0 Å². The maximum absolute atomic E-state index is 12.8. The fourth-order valence-electron chi connectivity index (χ4n) is 2.42. The van der Waals surface area contributed by atoms with Crippen molar-refractivity contribution in [2.45, 2.75) is 23.7 Å². The molecule has 128 valence electrons. The van der Waals surface area contributed by atoms with Crippen LogP contribution < -0.4 is 0 Å². The van der Waals surface area contributed by atoms with Gasteiger partial charge in [-0.05, 0) is 25.0 Å². The number of carbonyl (C=O) groups excluding carboxylic acids is 1. The summed E-state index contributed by atoms with van der Waals surface area (Å²) in [4.78, 5) is 12.4. The molecular weight excluding hydrogens is 380 g/mol. The third kappa shape index (κ3) is 3.08. The lowest BCUT2D eigenvalue weighted by Gasteiger charge is -2.12. The fraction of sp³-hybridized carbons (Fsp3) is 0.333. The van der Waals surface area contributed by atoms with Crippen molar-refractivity contribution in [3.8, 4) is 0 Å². The summed E-state index contributed by atoms with van der Waals surface area (Å²) >= 11 is 11.9. The second-order valence-corrected chi connectivity index (χ2v) is 8.28. The molecule has 24 heavy (non-hydrogen) atoms. The lowest BCUT2D eigenvalue weighted by Crippen LogP contribution is -2.15. The summed E-state index contributed by atoms with van der Waals surface area (Å²) in [7, 11) is -4.11. The molecule has 0 saturated heterocycles. The molecule has 1 aliphatic rings. The zero-order valence-corrected chi connectivity index (χ0v) is 14.6. The van der Waals surface area contributed by atoms with Crippen molar-refractivity contribution in [1.29, 1.82) is 0 Å². The number of hydrogen-bond acceptors (Lipinski definition) is 5. The maximum atomic E-state index is 12.8. The number of halogens is 3. The fourth-order valence-corrected chi connectivity index (χ4v) is 4.44. The SMILES string of the molecule is O=C(c1cnoc1C1CC1)c1ccc(Cl)c(Cl)c1S(=O)(=O)CCF. The van der Waals surface area contributed by atoms with Gasteiger partial charge in [0.25, 0.3) is 0 Å². The van der Waals surface area contributed by atoms with E-state index in [1.165, 1.54) is 18.3 Å². The minimum atomic E-state index is -4.11. The van der Waals surface area contributed by atoms with E-state index in [4.69, 9.17) is 27.7 Å². The first kappa shape index (κ1) is 17.4. The Hall–Kier alpha value is -1.44. The molecule has 0 unspecified atom stereocenters. The van der Waals surface area contributed by atoms with Crippen molar-refractivity contribution in [1.82, 2.24) is 5.16 Å². The third-order valence-corrected chi connectivity index (χ3v) is 6.40. The average Bonchev–Trinajstić information content (AvgIpc) is 3.25. The number of alkyl halides is 1. The quantitative estimate of drug-likeness (QED) is 0.699. The molecule has 0 aliphatic heterocycles. The van der Waals surface area contributed by atoms with E-state index in [1.807, 2.05) is 0 Å². The molecule has 9 heteroatoms. The van der Waals surface area contributed by atoms with Gasteiger partial charge in [0.2, 0.25) is 0 Å². The van der Waals surface area contributed by atoms with Crippen LogP contribution in [-0.4, -0.2) is 31.8 Å². The molecule has 3 rings (SSSR count). The Kier molecular flexibility index (Phi) is 4.68. The Bertz CT molecular complexity index is 906. The molecule has 1 aromatic carbocycles. The molecule has 0 amide bonds. The minimum absolute atomic E-state index is 0.0293. The van der Waals surface area contributed by atoms with Gasteiger partial charge in [0, 0.05) is 11.5 Å². The maximum Gasteiger partial charge on any atom is 0.199 e. The number of benzene rings is 1. The highest BCUT2D eigenvalue weighted by Gasteiger charge is 2.35. The van der Waals surface area contributed by atoms with Gasteiger partial charge in [0.15, 0.2) is 21.4 Å². The van der Waals surface area contributed by atoms with Gasteiger partial charge in [-0.15, -0.1) is 0 Å². The molecule has 1 aliphatic carbocycles. The summed E-state index contributed by atoms with van der Waals surface area (Å²) in [5.41, 5.74) is 0.0236. The molecule has 0 atom stereocenters. The molecule has 5 nitrogen and oxygen atoms in total. The van der Waals surface area contributed by atoms with Crippen LogP contribution in [-0.2, 0) is 9.84 Å². The molecule has 2 aromatic rings. The van der Waals surface area contributed by atoms with Gasteiger partial charge >= 0.3 is 0 Å². The molecule has 0 bridgehead atoms. The number of aromatic nitrogens is 1. The first-order chi connectivity index (χ1) is 11.4. The van der Waals surface area contributed by atoms with Crippen LogP contribution in [0.15, 0.2) is 27.7 Å². The number of rotatable bonds is 6. The normalized spacial score (nSPS) is 14.8. The van der Waals surface area contributed by atoms with Gasteiger partial charge in [0.1, 0.15) is 6.67 Å². The van der Waals surface area contributed by atoms with E-state index in [-0.39, 0.29) is 27.1 Å². The molecule has 0 radical (unpaired) electrons. The summed E-state index contributed by atoms with van der Waals surface area (Å²) in [6.45, 7) is -1.10. The number of hydrogen-bond donors (Lipinski definition) is 0. The number of ketones is 1. The predicted octanol–water partition coefficient (Wildman–Crippen LogP) is 3.83. The Labute approximate surface area is 147 Å². The van der Waals surface area contributed by atoms with E-state index in [0.29, 0.717) is 5.76 Å². The zero-order chi connectivity index (χ0) is 17.5. The van der Waals surface area contributed by atoms with Crippen molar-refractivity contribution in [3.05, 3.63) is 45.3 Å². The summed E-state index contributed by atoms with van der Waals surface area (Å²) in [6.07, 6.45) is 3.01. The smallest absolute Gasteiger partial charge is 0.199 e. The topological polar surface area (TPSA) is 77.2 Å². The van der Waals surface area contributed by atoms with Gasteiger partial charge in [-0.25, -0.2) is 12.8 Å². The van der Waals surface area contributed by atoms with Crippen LogP contribution in [0.5, 0.6) is 0 Å². The van der Waals surface area contributed by atoms with Crippen molar-refractivity contribution in [3.63, 3.8) is 0 Å². The van der Waals surface area contributed by atoms with E-state index in [2.05, 4.69) is 5.16 Å². The molecule has 1 fully saturated rings. The van der Waals surface area contributed by atoms with Gasteiger partial charge < -0.3 is 4.52 Å². The largest absolute Gasteiger partial charge is 0.360 e. The molecule has 0 N–H and O–H groups in total. The Morgan fingerprint density at radius 2 is 2.00 bits per heavy atom. The third-order valence-electron chi connectivity index (χ3n) is 3.74. The predicted molar refractivity (Wildman–Crippen MR) is 86.4 cm³/mol. The van der Waals surface area contributed by atoms with Crippen molar-refractivity contribution >= 4 is 38.8 Å². The molecular formula is C15H12Cl2FNO4S. The Morgan fingerprint density at radius 3 is 2.62 bits per heavy atom. The van der Waals surface area contributed by atoms with E-state index in [0.717, 1.165) is 12.8 Å². The summed E-state index contributed by atoms with van der Waals surface area (Å²) < 4.78 is 42.5. The summed E-state index contributed by atoms with van der Waals surface area (Å²) in [6, 6.07) is 2.60. The van der Waals surface area contributed by atoms with Gasteiger partial charge in [-0.1, -0.05) is 28.4 Å². The van der Waals surface area contributed by atoms with E-state index >= 15 is 0 Å². The van der Waals surface area contributed by atoms with E-state index in [1.54, 1.807) is 0 Å². The van der Waals surface area contributed by atoms with E-state index < -0.39 is 32.9 Å². The van der Waals surface area contributed by atoms with Crippen molar-refractivity contribution in [2.24, 2.45) is 0 Å². The van der Waals surface area contributed by atoms with Crippen molar-refractivity contribution in [2.75, 3.05) is 12.4 Å². The van der Waals surface area contributed by atoms with E-state index in [9.17, 15) is 17.6 Å². The zero-order valence-electron chi connectivity index (χ0n) is 12.3. The highest BCUT2D eigenvalue weighted by Crippen LogP contribution is 2.42. The summed E-state index contributed by atoms with van der Waals surface area (Å²) in [5.74, 6) is -0.832. The summed E-state index contributed by atoms with van der Waals surface area (Å²) in [5, 5.41) is 3.31. The van der Waals surface area contributed by atoms with Gasteiger partial charge in [0.05, 0.1) is 32.5 Å². The Balaban J connectivity index is 2.16. The first-order valence-electron chi connectivity index (χ1n) is 7.12. The standard InChI is InChI=1S/C15H12Cl2FNO4S/c16-11-4-3-9(15(12(11)17)24(21,22)6-5-18)13(20)10-7-19-23-14(10)8-1-2-8/h3-4,7-8H,1-2,5-6H2. The second kappa shape index (κ2) is 6.46. The van der Waals surface area contributed by atoms with Crippen LogP contribution in [0.4, 0.5) is 4.39 Å². The first-order valence-corrected chi connectivity index (χ1v) is 9.53.